The van der Waals surface area contributed by atoms with Gasteiger partial charge in [-0.15, -0.1) is 0 Å². The van der Waals surface area contributed by atoms with Gasteiger partial charge < -0.3 is 25.4 Å². The highest BCUT2D eigenvalue weighted by molar-refractivity contribution is 5.96. The Labute approximate surface area is 200 Å². The summed E-state index contributed by atoms with van der Waals surface area (Å²) in [5.74, 6) is 1.12. The molecule has 0 bridgehead atoms. The van der Waals surface area contributed by atoms with Gasteiger partial charge in [0.25, 0.3) is 5.91 Å². The molecule has 0 spiro atoms. The van der Waals surface area contributed by atoms with Gasteiger partial charge in [-0.25, -0.2) is 0 Å². The number of carbonyl (C=O) groups is 2. The van der Waals surface area contributed by atoms with E-state index in [1.54, 1.807) is 24.3 Å². The quantitative estimate of drug-likeness (QED) is 0.321. The summed E-state index contributed by atoms with van der Waals surface area (Å²) in [6.07, 6.45) is 1.97. The molecular formula is C27H31N3O4. The third kappa shape index (κ3) is 8.16. The molecule has 0 aliphatic heterocycles. The number of rotatable bonds is 13. The SMILES string of the molecule is CCCCNC(=O)c1ccc(NC(=O)CNc2ccccc2OCCOc2ccccc2)cc1. The summed E-state index contributed by atoms with van der Waals surface area (Å²) in [5, 5.41) is 8.81. The maximum Gasteiger partial charge on any atom is 0.251 e. The Hall–Kier alpha value is -4.00. The molecule has 3 rings (SSSR count). The van der Waals surface area contributed by atoms with Crippen LogP contribution in [0.1, 0.15) is 30.1 Å². The second kappa shape index (κ2) is 13.5. The van der Waals surface area contributed by atoms with Gasteiger partial charge in [0.1, 0.15) is 24.7 Å². The fourth-order valence-electron chi connectivity index (χ4n) is 3.13. The molecule has 3 aromatic rings. The second-order valence-electron chi connectivity index (χ2n) is 7.59. The van der Waals surface area contributed by atoms with Gasteiger partial charge in [0.05, 0.1) is 12.2 Å². The molecule has 7 heteroatoms. The lowest BCUT2D eigenvalue weighted by Gasteiger charge is -2.14. The lowest BCUT2D eigenvalue weighted by molar-refractivity contribution is -0.114. The van der Waals surface area contributed by atoms with Gasteiger partial charge in [-0.1, -0.05) is 43.7 Å². The highest BCUT2D eigenvalue weighted by Crippen LogP contribution is 2.23. The zero-order valence-corrected chi connectivity index (χ0v) is 19.4. The van der Waals surface area contributed by atoms with Crippen molar-refractivity contribution in [1.29, 1.82) is 0 Å². The van der Waals surface area contributed by atoms with E-state index in [1.807, 2.05) is 54.6 Å². The van der Waals surface area contributed by atoms with Crippen molar-refractivity contribution in [3.63, 3.8) is 0 Å². The van der Waals surface area contributed by atoms with Gasteiger partial charge in [-0.2, -0.15) is 0 Å². The fraction of sp³-hybridized carbons (Fsp3) is 0.259. The first kappa shape index (κ1) is 24.6. The minimum Gasteiger partial charge on any atom is -0.490 e. The molecule has 7 nitrogen and oxygen atoms in total. The molecule has 0 aliphatic rings. The van der Waals surface area contributed by atoms with E-state index in [9.17, 15) is 9.59 Å². The largest absolute Gasteiger partial charge is 0.490 e. The van der Waals surface area contributed by atoms with Crippen LogP contribution < -0.4 is 25.4 Å². The van der Waals surface area contributed by atoms with E-state index in [2.05, 4.69) is 22.9 Å². The van der Waals surface area contributed by atoms with Crippen LogP contribution in [-0.2, 0) is 4.79 Å². The van der Waals surface area contributed by atoms with Crippen molar-refractivity contribution in [2.75, 3.05) is 36.9 Å². The summed E-state index contributed by atoms with van der Waals surface area (Å²) in [7, 11) is 0. The first-order valence-corrected chi connectivity index (χ1v) is 11.5. The number of benzene rings is 3. The third-order valence-electron chi connectivity index (χ3n) is 4.93. The van der Waals surface area contributed by atoms with Gasteiger partial charge in [-0.3, -0.25) is 9.59 Å². The maximum atomic E-state index is 12.4. The van der Waals surface area contributed by atoms with Crippen LogP contribution in [0.2, 0.25) is 0 Å². The first-order chi connectivity index (χ1) is 16.7. The molecule has 178 valence electrons. The summed E-state index contributed by atoms with van der Waals surface area (Å²) in [5.41, 5.74) is 1.91. The van der Waals surface area contributed by atoms with Crippen molar-refractivity contribution in [3.8, 4) is 11.5 Å². The van der Waals surface area contributed by atoms with E-state index < -0.39 is 0 Å². The summed E-state index contributed by atoms with van der Waals surface area (Å²) in [6, 6.07) is 23.8. The number of carbonyl (C=O) groups excluding carboxylic acids is 2. The Morgan fingerprint density at radius 3 is 2.29 bits per heavy atom. The summed E-state index contributed by atoms with van der Waals surface area (Å²) in [4.78, 5) is 24.5. The van der Waals surface area contributed by atoms with Gasteiger partial charge >= 0.3 is 0 Å². The van der Waals surface area contributed by atoms with Gasteiger partial charge in [0.2, 0.25) is 5.91 Å². The minimum atomic E-state index is -0.206. The number of ether oxygens (including phenoxy) is 2. The molecule has 0 fully saturated rings. The van der Waals surface area contributed by atoms with Crippen molar-refractivity contribution in [3.05, 3.63) is 84.4 Å². The molecule has 0 radical (unpaired) electrons. The average molecular weight is 462 g/mol. The van der Waals surface area contributed by atoms with Gasteiger partial charge in [0, 0.05) is 17.8 Å². The number of amides is 2. The van der Waals surface area contributed by atoms with Crippen LogP contribution in [0.3, 0.4) is 0 Å². The predicted octanol–water partition coefficient (Wildman–Crippen LogP) is 4.72. The third-order valence-corrected chi connectivity index (χ3v) is 4.93. The zero-order valence-electron chi connectivity index (χ0n) is 19.4. The number of anilines is 2. The average Bonchev–Trinajstić information content (AvgIpc) is 2.87. The molecule has 0 atom stereocenters. The normalized spacial score (nSPS) is 10.3. The van der Waals surface area contributed by atoms with Crippen LogP contribution in [-0.4, -0.2) is 38.1 Å². The van der Waals surface area contributed by atoms with Crippen LogP contribution in [0.15, 0.2) is 78.9 Å². The number of unbranched alkanes of at least 4 members (excludes halogenated alkanes) is 1. The van der Waals surface area contributed by atoms with Crippen LogP contribution in [0.25, 0.3) is 0 Å². The molecule has 0 aliphatic carbocycles. The molecular weight excluding hydrogens is 430 g/mol. The standard InChI is InChI=1S/C27H31N3O4/c1-2-3-17-28-27(32)21-13-15-22(16-14-21)30-26(31)20-29-24-11-7-8-12-25(24)34-19-18-33-23-9-5-4-6-10-23/h4-16,29H,2-3,17-20H2,1H3,(H,28,32)(H,30,31). The summed E-state index contributed by atoms with van der Waals surface area (Å²) < 4.78 is 11.5. The molecule has 34 heavy (non-hydrogen) atoms. The Morgan fingerprint density at radius 1 is 0.824 bits per heavy atom. The summed E-state index contributed by atoms with van der Waals surface area (Å²) >= 11 is 0. The van der Waals surface area contributed by atoms with Crippen molar-refractivity contribution in [2.24, 2.45) is 0 Å². The number of hydrogen-bond donors (Lipinski definition) is 3. The Bertz CT molecular complexity index is 1040. The smallest absolute Gasteiger partial charge is 0.251 e. The number of hydrogen-bond acceptors (Lipinski definition) is 5. The minimum absolute atomic E-state index is 0.0696. The monoisotopic (exact) mass is 461 g/mol. The molecule has 0 unspecified atom stereocenters. The van der Waals surface area contributed by atoms with E-state index in [0.29, 0.717) is 36.8 Å². The van der Waals surface area contributed by atoms with E-state index in [1.165, 1.54) is 0 Å². The molecule has 0 saturated heterocycles. The Kier molecular flexibility index (Phi) is 9.80. The van der Waals surface area contributed by atoms with Crippen molar-refractivity contribution < 1.29 is 19.1 Å². The maximum absolute atomic E-state index is 12.4. The van der Waals surface area contributed by atoms with Crippen LogP contribution in [0.4, 0.5) is 11.4 Å². The predicted molar refractivity (Wildman–Crippen MR) is 135 cm³/mol. The first-order valence-electron chi connectivity index (χ1n) is 11.5. The molecule has 0 aromatic heterocycles. The molecule has 3 aromatic carbocycles. The second-order valence-corrected chi connectivity index (χ2v) is 7.59. The molecule has 0 heterocycles. The Balaban J connectivity index is 1.43. The van der Waals surface area contributed by atoms with Crippen molar-refractivity contribution in [2.45, 2.75) is 19.8 Å². The highest BCUT2D eigenvalue weighted by atomic mass is 16.5. The van der Waals surface area contributed by atoms with E-state index >= 15 is 0 Å². The highest BCUT2D eigenvalue weighted by Gasteiger charge is 2.08. The lowest BCUT2D eigenvalue weighted by Crippen LogP contribution is -2.24. The van der Waals surface area contributed by atoms with Crippen molar-refractivity contribution in [1.82, 2.24) is 5.32 Å². The molecule has 0 saturated carbocycles. The van der Waals surface area contributed by atoms with E-state index in [4.69, 9.17) is 9.47 Å². The van der Waals surface area contributed by atoms with E-state index in [0.717, 1.165) is 24.3 Å². The fourth-order valence-corrected chi connectivity index (χ4v) is 3.13. The lowest BCUT2D eigenvalue weighted by atomic mass is 10.2. The Morgan fingerprint density at radius 2 is 1.53 bits per heavy atom. The number of nitrogens with one attached hydrogen (secondary N) is 3. The van der Waals surface area contributed by atoms with E-state index in [-0.39, 0.29) is 18.4 Å². The zero-order chi connectivity index (χ0) is 24.0. The number of para-hydroxylation sites is 3. The van der Waals surface area contributed by atoms with Crippen molar-refractivity contribution >= 4 is 23.2 Å². The van der Waals surface area contributed by atoms with Crippen LogP contribution in [0.5, 0.6) is 11.5 Å². The van der Waals surface area contributed by atoms with Gasteiger partial charge in [-0.05, 0) is 55.0 Å². The van der Waals surface area contributed by atoms with Crippen LogP contribution >= 0.6 is 0 Å². The molecule has 2 amide bonds. The van der Waals surface area contributed by atoms with Crippen LogP contribution in [0, 0.1) is 0 Å². The summed E-state index contributed by atoms with van der Waals surface area (Å²) in [6.45, 7) is 3.58. The molecule has 3 N–H and O–H groups in total. The van der Waals surface area contributed by atoms with Gasteiger partial charge in [0.15, 0.2) is 0 Å². The topological polar surface area (TPSA) is 88.7 Å².